The number of aromatic nitrogens is 2. The van der Waals surface area contributed by atoms with Crippen LogP contribution in [0.4, 0.5) is 11.8 Å². The number of nitrogens with zero attached hydrogens (tertiary/aromatic N) is 2. The van der Waals surface area contributed by atoms with Crippen LogP contribution in [0, 0.1) is 6.92 Å². The van der Waals surface area contributed by atoms with E-state index in [-0.39, 0.29) is 36.4 Å². The van der Waals surface area contributed by atoms with Gasteiger partial charge in [-0.3, -0.25) is 9.59 Å². The minimum atomic E-state index is -3.13. The molecule has 0 aliphatic heterocycles. The number of nitrogens with one attached hydrogen (secondary N) is 1. The van der Waals surface area contributed by atoms with Crippen LogP contribution in [0.25, 0.3) is 0 Å². The highest BCUT2D eigenvalue weighted by molar-refractivity contribution is 7.90. The SMILES string of the molecule is CCCCC(CCS(C)(=O)=O)Nc1nc(N)nc(C)c1Cc1cc(CC(=O)C[C@H](N)C(=O)O)ccc1OC. The number of hydrogen-bond acceptors (Lipinski definition) is 10. The first-order valence-corrected chi connectivity index (χ1v) is 14.6. The number of aliphatic carboxylic acids is 1. The van der Waals surface area contributed by atoms with Crippen molar-refractivity contribution in [1.82, 2.24) is 9.97 Å². The Balaban J connectivity index is 2.37. The molecule has 0 fully saturated rings. The van der Waals surface area contributed by atoms with Crippen molar-refractivity contribution in [3.05, 3.63) is 40.6 Å². The molecule has 38 heavy (non-hydrogen) atoms. The molecule has 1 aromatic heterocycles. The molecule has 0 bridgehead atoms. The standard InChI is InChI=1S/C26H39N5O6S/c1-5-6-7-19(10-11-38(4,35)36)30-24-21(16(2)29-26(28)31-24)14-18-12-17(8-9-23(18)37-3)13-20(32)15-22(27)25(33)34/h8-9,12,19,22H,5-7,10-11,13-15,27H2,1-4H3,(H,33,34)(H3,28,29,30,31)/t19?,22-/m0/s1. The minimum Gasteiger partial charge on any atom is -0.496 e. The fourth-order valence-corrected chi connectivity index (χ4v) is 4.85. The van der Waals surface area contributed by atoms with E-state index in [1.807, 2.05) is 13.0 Å². The lowest BCUT2D eigenvalue weighted by molar-refractivity contribution is -0.140. The Morgan fingerprint density at radius 1 is 1.21 bits per heavy atom. The van der Waals surface area contributed by atoms with Gasteiger partial charge in [0.1, 0.15) is 33.2 Å². The maximum Gasteiger partial charge on any atom is 0.320 e. The average Bonchev–Trinajstić information content (AvgIpc) is 2.82. The van der Waals surface area contributed by atoms with Crippen LogP contribution in [0.3, 0.4) is 0 Å². The zero-order valence-corrected chi connectivity index (χ0v) is 23.3. The quantitative estimate of drug-likeness (QED) is 0.240. The number of carbonyl (C=O) groups is 2. The Kier molecular flexibility index (Phi) is 11.5. The van der Waals surface area contributed by atoms with Crippen molar-refractivity contribution in [1.29, 1.82) is 0 Å². The van der Waals surface area contributed by atoms with Crippen LogP contribution in [0.15, 0.2) is 18.2 Å². The molecule has 0 saturated carbocycles. The van der Waals surface area contributed by atoms with Gasteiger partial charge in [-0.25, -0.2) is 13.4 Å². The summed E-state index contributed by atoms with van der Waals surface area (Å²) in [5.41, 5.74) is 14.4. The molecule has 0 saturated heterocycles. The lowest BCUT2D eigenvalue weighted by Gasteiger charge is -2.22. The number of ketones is 1. The summed E-state index contributed by atoms with van der Waals surface area (Å²) in [6.45, 7) is 3.90. The number of hydrogen-bond donors (Lipinski definition) is 4. The predicted molar refractivity (Wildman–Crippen MR) is 147 cm³/mol. The first-order chi connectivity index (χ1) is 17.8. The van der Waals surface area contributed by atoms with Crippen LogP contribution >= 0.6 is 0 Å². The van der Waals surface area contributed by atoms with Gasteiger partial charge in [-0.05, 0) is 37.0 Å². The molecule has 0 aliphatic rings. The van der Waals surface area contributed by atoms with Crippen molar-refractivity contribution in [3.63, 3.8) is 0 Å². The third kappa shape index (κ3) is 9.90. The number of methoxy groups -OCH3 is 1. The second kappa shape index (κ2) is 14.1. The summed E-state index contributed by atoms with van der Waals surface area (Å²) >= 11 is 0. The summed E-state index contributed by atoms with van der Waals surface area (Å²) < 4.78 is 29.2. The van der Waals surface area contributed by atoms with Crippen molar-refractivity contribution in [2.45, 2.75) is 70.9 Å². The van der Waals surface area contributed by atoms with Crippen LogP contribution in [0.1, 0.15) is 61.4 Å². The summed E-state index contributed by atoms with van der Waals surface area (Å²) in [6, 6.07) is 3.98. The maximum absolute atomic E-state index is 12.4. The van der Waals surface area contributed by atoms with Crippen molar-refractivity contribution >= 4 is 33.4 Å². The van der Waals surface area contributed by atoms with Gasteiger partial charge in [0, 0.05) is 42.8 Å². The molecule has 6 N–H and O–H groups in total. The van der Waals surface area contributed by atoms with E-state index in [0.29, 0.717) is 35.7 Å². The van der Waals surface area contributed by atoms with Crippen LogP contribution in [-0.2, 0) is 32.3 Å². The number of benzene rings is 1. The topological polar surface area (TPSA) is 188 Å². The van der Waals surface area contributed by atoms with Crippen LogP contribution in [0.2, 0.25) is 0 Å². The smallest absolute Gasteiger partial charge is 0.320 e. The van der Waals surface area contributed by atoms with E-state index in [1.54, 1.807) is 19.2 Å². The Bertz CT molecular complexity index is 1230. The van der Waals surface area contributed by atoms with E-state index in [0.717, 1.165) is 30.4 Å². The zero-order valence-electron chi connectivity index (χ0n) is 22.5. The molecule has 1 heterocycles. The maximum atomic E-state index is 12.4. The summed E-state index contributed by atoms with van der Waals surface area (Å²) in [5, 5.41) is 12.4. The lowest BCUT2D eigenvalue weighted by Crippen LogP contribution is -2.32. The van der Waals surface area contributed by atoms with Gasteiger partial charge in [0.2, 0.25) is 5.95 Å². The molecule has 1 aromatic carbocycles. The number of carbonyl (C=O) groups excluding carboxylic acids is 1. The van der Waals surface area contributed by atoms with Crippen molar-refractivity contribution < 1.29 is 27.9 Å². The first-order valence-electron chi connectivity index (χ1n) is 12.6. The number of aryl methyl sites for hydroxylation is 1. The van der Waals surface area contributed by atoms with E-state index < -0.39 is 21.8 Å². The van der Waals surface area contributed by atoms with E-state index in [2.05, 4.69) is 22.2 Å². The summed E-state index contributed by atoms with van der Waals surface area (Å²) in [5.74, 6) is -0.215. The number of ether oxygens (including phenoxy) is 1. The monoisotopic (exact) mass is 549 g/mol. The number of sulfone groups is 1. The van der Waals surface area contributed by atoms with E-state index >= 15 is 0 Å². The first kappa shape index (κ1) is 31.0. The highest BCUT2D eigenvalue weighted by atomic mass is 32.2. The largest absolute Gasteiger partial charge is 0.496 e. The molecule has 12 heteroatoms. The number of carboxylic acid groups (broad SMARTS) is 1. The Hall–Kier alpha value is -3.25. The molecule has 1 unspecified atom stereocenters. The number of unbranched alkanes of at least 4 members (excludes halogenated alkanes) is 1. The third-order valence-electron chi connectivity index (χ3n) is 6.19. The lowest BCUT2D eigenvalue weighted by atomic mass is 9.97. The van der Waals surface area contributed by atoms with Crippen molar-refractivity contribution in [3.8, 4) is 5.75 Å². The average molecular weight is 550 g/mol. The normalized spacial score (nSPS) is 13.1. The van der Waals surface area contributed by atoms with Gasteiger partial charge < -0.3 is 26.6 Å². The van der Waals surface area contributed by atoms with E-state index in [9.17, 15) is 18.0 Å². The molecule has 210 valence electrons. The van der Waals surface area contributed by atoms with Gasteiger partial charge in [-0.15, -0.1) is 0 Å². The van der Waals surface area contributed by atoms with Crippen molar-refractivity contribution in [2.24, 2.45) is 5.73 Å². The number of carboxylic acids is 1. The van der Waals surface area contributed by atoms with E-state index in [4.69, 9.17) is 21.3 Å². The number of nitrogen functional groups attached to an aromatic ring is 1. The van der Waals surface area contributed by atoms with Gasteiger partial charge in [0.05, 0.1) is 12.9 Å². The molecule has 0 spiro atoms. The minimum absolute atomic E-state index is 0.0326. The highest BCUT2D eigenvalue weighted by Crippen LogP contribution is 2.29. The third-order valence-corrected chi connectivity index (χ3v) is 7.17. The highest BCUT2D eigenvalue weighted by Gasteiger charge is 2.20. The molecule has 2 rings (SSSR count). The fraction of sp³-hybridized carbons (Fsp3) is 0.538. The molecule has 2 aromatic rings. The van der Waals surface area contributed by atoms with Gasteiger partial charge in [-0.1, -0.05) is 31.9 Å². The van der Waals surface area contributed by atoms with Crippen LogP contribution in [0.5, 0.6) is 5.75 Å². The number of rotatable bonds is 16. The summed E-state index contributed by atoms with van der Waals surface area (Å²) in [6.07, 6.45) is 4.45. The fourth-order valence-electron chi connectivity index (χ4n) is 4.14. The second-order valence-corrected chi connectivity index (χ2v) is 11.8. The van der Waals surface area contributed by atoms with Gasteiger partial charge in [-0.2, -0.15) is 4.98 Å². The molecular weight excluding hydrogens is 510 g/mol. The van der Waals surface area contributed by atoms with E-state index in [1.165, 1.54) is 6.26 Å². The molecule has 0 amide bonds. The second-order valence-electron chi connectivity index (χ2n) is 9.58. The summed E-state index contributed by atoms with van der Waals surface area (Å²) in [4.78, 5) is 32.1. The van der Waals surface area contributed by atoms with Gasteiger partial charge in [0.25, 0.3) is 0 Å². The molecule has 0 aliphatic carbocycles. The Morgan fingerprint density at radius 2 is 1.92 bits per heavy atom. The summed E-state index contributed by atoms with van der Waals surface area (Å²) in [7, 11) is -1.58. The van der Waals surface area contributed by atoms with Crippen LogP contribution in [-0.4, -0.2) is 66.4 Å². The number of anilines is 2. The molecule has 2 atom stereocenters. The number of nitrogens with two attached hydrogens (primary N) is 2. The van der Waals surface area contributed by atoms with Crippen LogP contribution < -0.4 is 21.5 Å². The van der Waals surface area contributed by atoms with Crippen molar-refractivity contribution in [2.75, 3.05) is 30.2 Å². The molecule has 0 radical (unpaired) electrons. The molecular formula is C26H39N5O6S. The van der Waals surface area contributed by atoms with Gasteiger partial charge >= 0.3 is 5.97 Å². The number of Topliss-reactive ketones (excluding diaryl/α,β-unsaturated/α-hetero) is 1. The van der Waals surface area contributed by atoms with Gasteiger partial charge in [0.15, 0.2) is 0 Å². The Morgan fingerprint density at radius 3 is 2.53 bits per heavy atom. The predicted octanol–water partition coefficient (Wildman–Crippen LogP) is 2.29. The zero-order chi connectivity index (χ0) is 28.5. The molecule has 11 nitrogen and oxygen atoms in total. The Labute approximate surface area is 224 Å².